The summed E-state index contributed by atoms with van der Waals surface area (Å²) in [5.41, 5.74) is 0.674. The zero-order chi connectivity index (χ0) is 17.1. The molecule has 0 unspecified atom stereocenters. The zero-order valence-electron chi connectivity index (χ0n) is 15.6. The van der Waals surface area contributed by atoms with Gasteiger partial charge >= 0.3 is 0 Å². The van der Waals surface area contributed by atoms with E-state index in [1.54, 1.807) is 0 Å². The van der Waals surface area contributed by atoms with E-state index in [2.05, 4.69) is 19.8 Å². The molecule has 0 aromatic carbocycles. The molecule has 2 saturated heterocycles. The van der Waals surface area contributed by atoms with Gasteiger partial charge in [0, 0.05) is 37.9 Å². The summed E-state index contributed by atoms with van der Waals surface area (Å²) in [4.78, 5) is 13.0. The molecule has 140 valence electrons. The van der Waals surface area contributed by atoms with Crippen molar-refractivity contribution in [3.05, 3.63) is 17.7 Å². The van der Waals surface area contributed by atoms with Crippen LogP contribution in [0.25, 0.3) is 0 Å². The monoisotopic (exact) mass is 346 g/mol. The first-order valence-corrected chi connectivity index (χ1v) is 10.4. The maximum atomic E-state index is 11.1. The molecule has 0 radical (unpaired) electrons. The van der Waals surface area contributed by atoms with Gasteiger partial charge in [-0.25, -0.2) is 4.98 Å². The molecule has 4 rings (SSSR count). The molecule has 3 fully saturated rings. The summed E-state index contributed by atoms with van der Waals surface area (Å²) in [7, 11) is 0. The van der Waals surface area contributed by atoms with E-state index >= 15 is 0 Å². The number of piperidine rings is 1. The standard InChI is InChI=1S/C20H34N4O/c25-20(15-23-9-3-4-10-23)8-5-11-24(16-20)14-18-13-21-19(22-18)12-17-6-1-2-7-17/h13,17,25H,1-12,14-16H2,(H,21,22)/t20-/m1/s1. The molecule has 1 aliphatic carbocycles. The maximum Gasteiger partial charge on any atom is 0.106 e. The van der Waals surface area contributed by atoms with Gasteiger partial charge in [-0.3, -0.25) is 4.90 Å². The molecule has 3 heterocycles. The number of imidazole rings is 1. The second-order valence-corrected chi connectivity index (χ2v) is 8.73. The Morgan fingerprint density at radius 2 is 1.84 bits per heavy atom. The van der Waals surface area contributed by atoms with Gasteiger partial charge in [0.1, 0.15) is 5.82 Å². The van der Waals surface area contributed by atoms with E-state index in [0.717, 1.165) is 70.3 Å². The van der Waals surface area contributed by atoms with Crippen molar-refractivity contribution in [2.45, 2.75) is 69.9 Å². The van der Waals surface area contributed by atoms with Gasteiger partial charge in [-0.15, -0.1) is 0 Å². The van der Waals surface area contributed by atoms with E-state index in [4.69, 9.17) is 0 Å². The first-order chi connectivity index (χ1) is 12.2. The van der Waals surface area contributed by atoms with Gasteiger partial charge in [-0.2, -0.15) is 0 Å². The Morgan fingerprint density at radius 3 is 2.64 bits per heavy atom. The van der Waals surface area contributed by atoms with Gasteiger partial charge in [-0.1, -0.05) is 25.7 Å². The Hall–Kier alpha value is -0.910. The zero-order valence-corrected chi connectivity index (χ0v) is 15.6. The van der Waals surface area contributed by atoms with Gasteiger partial charge in [0.2, 0.25) is 0 Å². The fourth-order valence-corrected chi connectivity index (χ4v) is 5.15. The average Bonchev–Trinajstić information content (AvgIpc) is 3.31. The van der Waals surface area contributed by atoms with Crippen LogP contribution < -0.4 is 0 Å². The molecule has 0 bridgehead atoms. The fourth-order valence-electron chi connectivity index (χ4n) is 5.15. The summed E-state index contributed by atoms with van der Waals surface area (Å²) in [5.74, 6) is 1.99. The maximum absolute atomic E-state index is 11.1. The number of hydrogen-bond donors (Lipinski definition) is 2. The number of aromatic nitrogens is 2. The smallest absolute Gasteiger partial charge is 0.106 e. The third kappa shape index (κ3) is 4.63. The lowest BCUT2D eigenvalue weighted by Gasteiger charge is -2.41. The van der Waals surface area contributed by atoms with Crippen LogP contribution in [-0.2, 0) is 13.0 Å². The molecule has 0 spiro atoms. The van der Waals surface area contributed by atoms with Crippen LogP contribution in [0.2, 0.25) is 0 Å². The van der Waals surface area contributed by atoms with Gasteiger partial charge in [0.05, 0.1) is 5.60 Å². The molecule has 2 aliphatic heterocycles. The largest absolute Gasteiger partial charge is 0.387 e. The van der Waals surface area contributed by atoms with Crippen molar-refractivity contribution in [3.8, 4) is 0 Å². The Balaban J connectivity index is 1.30. The van der Waals surface area contributed by atoms with Crippen LogP contribution in [-0.4, -0.2) is 63.2 Å². The first kappa shape index (κ1) is 17.5. The molecule has 1 aromatic rings. The van der Waals surface area contributed by atoms with Crippen molar-refractivity contribution in [1.82, 2.24) is 19.8 Å². The highest BCUT2D eigenvalue weighted by molar-refractivity contribution is 5.03. The van der Waals surface area contributed by atoms with Gasteiger partial charge in [-0.05, 0) is 51.2 Å². The highest BCUT2D eigenvalue weighted by Crippen LogP contribution is 2.28. The number of nitrogens with one attached hydrogen (secondary N) is 1. The van der Waals surface area contributed by atoms with E-state index in [0.29, 0.717) is 0 Å². The lowest BCUT2D eigenvalue weighted by atomic mass is 9.92. The fraction of sp³-hybridized carbons (Fsp3) is 0.850. The summed E-state index contributed by atoms with van der Waals surface area (Å²) in [6, 6.07) is 0. The Labute approximate surface area is 151 Å². The number of H-pyrrole nitrogens is 1. The molecule has 3 aliphatic rings. The Morgan fingerprint density at radius 1 is 1.08 bits per heavy atom. The molecular weight excluding hydrogens is 312 g/mol. The van der Waals surface area contributed by atoms with Crippen molar-refractivity contribution in [2.24, 2.45) is 5.92 Å². The minimum absolute atomic E-state index is 0.532. The topological polar surface area (TPSA) is 55.4 Å². The number of β-amino-alcohol motifs (C(OH)–C–C–N with tert-alkyl or cyclic N) is 1. The highest BCUT2D eigenvalue weighted by Gasteiger charge is 2.35. The summed E-state index contributed by atoms with van der Waals surface area (Å²) in [5, 5.41) is 11.1. The molecule has 5 nitrogen and oxygen atoms in total. The second kappa shape index (κ2) is 7.77. The third-order valence-electron chi connectivity index (χ3n) is 6.38. The van der Waals surface area contributed by atoms with Crippen molar-refractivity contribution >= 4 is 0 Å². The summed E-state index contributed by atoms with van der Waals surface area (Å²) in [6.07, 6.45) is 13.2. The SMILES string of the molecule is O[C@@]1(CN2CCCC2)CCCN(Cc2cnc(CC3CCCC3)[nH]2)C1. The Kier molecular flexibility index (Phi) is 5.44. The highest BCUT2D eigenvalue weighted by atomic mass is 16.3. The second-order valence-electron chi connectivity index (χ2n) is 8.73. The van der Waals surface area contributed by atoms with E-state index in [1.165, 1.54) is 44.2 Å². The van der Waals surface area contributed by atoms with E-state index < -0.39 is 5.60 Å². The summed E-state index contributed by atoms with van der Waals surface area (Å²) in [6.45, 7) is 5.93. The number of hydrogen-bond acceptors (Lipinski definition) is 4. The normalized spacial score (nSPS) is 29.6. The number of aromatic amines is 1. The van der Waals surface area contributed by atoms with Crippen molar-refractivity contribution in [1.29, 1.82) is 0 Å². The van der Waals surface area contributed by atoms with Crippen LogP contribution in [0, 0.1) is 5.92 Å². The van der Waals surface area contributed by atoms with Gasteiger partial charge in [0.15, 0.2) is 0 Å². The molecular formula is C20H34N4O. The number of rotatable bonds is 6. The van der Waals surface area contributed by atoms with Gasteiger partial charge < -0.3 is 15.0 Å². The van der Waals surface area contributed by atoms with Crippen LogP contribution in [0.1, 0.15) is 62.9 Å². The van der Waals surface area contributed by atoms with Crippen molar-refractivity contribution in [2.75, 3.05) is 32.7 Å². The van der Waals surface area contributed by atoms with Crippen molar-refractivity contribution < 1.29 is 5.11 Å². The van der Waals surface area contributed by atoms with Crippen LogP contribution in [0.3, 0.4) is 0 Å². The molecule has 2 N–H and O–H groups in total. The minimum atomic E-state index is -0.532. The minimum Gasteiger partial charge on any atom is -0.387 e. The molecule has 1 saturated carbocycles. The Bertz CT molecular complexity index is 548. The van der Waals surface area contributed by atoms with Crippen LogP contribution >= 0.6 is 0 Å². The number of nitrogens with zero attached hydrogens (tertiary/aromatic N) is 3. The predicted molar refractivity (Wildman–Crippen MR) is 99.4 cm³/mol. The number of aliphatic hydroxyl groups is 1. The molecule has 5 heteroatoms. The molecule has 1 atom stereocenters. The van der Waals surface area contributed by atoms with Crippen molar-refractivity contribution in [3.63, 3.8) is 0 Å². The van der Waals surface area contributed by atoms with Crippen LogP contribution in [0.5, 0.6) is 0 Å². The molecule has 0 amide bonds. The summed E-state index contributed by atoms with van der Waals surface area (Å²) >= 11 is 0. The predicted octanol–water partition coefficient (Wildman–Crippen LogP) is 2.57. The number of likely N-dealkylation sites (tertiary alicyclic amines) is 2. The third-order valence-corrected chi connectivity index (χ3v) is 6.38. The molecule has 1 aromatic heterocycles. The van der Waals surface area contributed by atoms with E-state index in [1.807, 2.05) is 6.20 Å². The van der Waals surface area contributed by atoms with E-state index in [-0.39, 0.29) is 0 Å². The summed E-state index contributed by atoms with van der Waals surface area (Å²) < 4.78 is 0. The lowest BCUT2D eigenvalue weighted by molar-refractivity contribution is -0.0521. The first-order valence-electron chi connectivity index (χ1n) is 10.4. The molecule has 25 heavy (non-hydrogen) atoms. The lowest BCUT2D eigenvalue weighted by Crippen LogP contribution is -2.53. The van der Waals surface area contributed by atoms with Crippen LogP contribution in [0.15, 0.2) is 6.20 Å². The average molecular weight is 347 g/mol. The van der Waals surface area contributed by atoms with E-state index in [9.17, 15) is 5.11 Å². The van der Waals surface area contributed by atoms with Crippen LogP contribution in [0.4, 0.5) is 0 Å². The quantitative estimate of drug-likeness (QED) is 0.831. The van der Waals surface area contributed by atoms with Gasteiger partial charge in [0.25, 0.3) is 0 Å².